The topological polar surface area (TPSA) is 52.7 Å². The van der Waals surface area contributed by atoms with E-state index < -0.39 is 5.91 Å². The first-order valence-corrected chi connectivity index (χ1v) is 8.61. The Hall–Kier alpha value is -2.21. The molecule has 1 aromatic rings. The molecule has 5 nitrogen and oxygen atoms in total. The Morgan fingerprint density at radius 2 is 1.79 bits per heavy atom. The van der Waals surface area contributed by atoms with Crippen LogP contribution >= 0.6 is 12.2 Å². The zero-order chi connectivity index (χ0) is 17.3. The highest BCUT2D eigenvalue weighted by molar-refractivity contribution is 7.80. The van der Waals surface area contributed by atoms with Crippen molar-refractivity contribution in [3.63, 3.8) is 0 Å². The highest BCUT2D eigenvalue weighted by Gasteiger charge is 2.35. The lowest BCUT2D eigenvalue weighted by atomic mass is 10.1. The molecule has 1 N–H and O–H groups in total. The van der Waals surface area contributed by atoms with Crippen LogP contribution in [0.3, 0.4) is 0 Å². The van der Waals surface area contributed by atoms with E-state index in [1.54, 1.807) is 6.20 Å². The van der Waals surface area contributed by atoms with Gasteiger partial charge in [0.1, 0.15) is 5.57 Å². The number of aryl methyl sites for hydroxylation is 2. The molecular formula is C18H21N3O2S. The fourth-order valence-corrected chi connectivity index (χ4v) is 3.25. The molecule has 0 spiro atoms. The van der Waals surface area contributed by atoms with Gasteiger partial charge in [-0.05, 0) is 68.6 Å². The van der Waals surface area contributed by atoms with E-state index in [2.05, 4.69) is 5.32 Å². The molecule has 0 unspecified atom stereocenters. The average Bonchev–Trinajstić information content (AvgIpc) is 2.55. The molecule has 0 saturated carbocycles. The predicted octanol–water partition coefficient (Wildman–Crippen LogP) is 2.42. The Labute approximate surface area is 147 Å². The molecule has 126 valence electrons. The summed E-state index contributed by atoms with van der Waals surface area (Å²) in [7, 11) is 0. The minimum atomic E-state index is -0.421. The lowest BCUT2D eigenvalue weighted by molar-refractivity contribution is -0.122. The molecule has 0 bridgehead atoms. The zero-order valence-corrected chi connectivity index (χ0v) is 14.8. The summed E-state index contributed by atoms with van der Waals surface area (Å²) < 4.78 is 0. The first kappa shape index (κ1) is 16.6. The van der Waals surface area contributed by atoms with E-state index in [9.17, 15) is 9.59 Å². The van der Waals surface area contributed by atoms with Gasteiger partial charge in [-0.15, -0.1) is 0 Å². The second-order valence-electron chi connectivity index (χ2n) is 6.31. The SMILES string of the molecule is Cc1ccc(N2C(=O)C(=CN3CCCCC3)C(=O)NC2=S)cc1C. The normalized spacial score (nSPS) is 20.6. The van der Waals surface area contributed by atoms with Gasteiger partial charge in [0.25, 0.3) is 11.8 Å². The van der Waals surface area contributed by atoms with Gasteiger partial charge in [0, 0.05) is 19.3 Å². The molecule has 0 aromatic heterocycles. The third-order valence-corrected chi connectivity index (χ3v) is 4.84. The van der Waals surface area contributed by atoms with Crippen LogP contribution in [0.1, 0.15) is 30.4 Å². The molecule has 2 aliphatic rings. The van der Waals surface area contributed by atoms with E-state index in [0.29, 0.717) is 5.69 Å². The molecule has 1 aromatic carbocycles. The Bertz CT molecular complexity index is 736. The summed E-state index contributed by atoms with van der Waals surface area (Å²) >= 11 is 5.23. The van der Waals surface area contributed by atoms with E-state index in [1.807, 2.05) is 36.9 Å². The highest BCUT2D eigenvalue weighted by Crippen LogP contribution is 2.24. The van der Waals surface area contributed by atoms with E-state index in [0.717, 1.165) is 37.1 Å². The highest BCUT2D eigenvalue weighted by atomic mass is 32.1. The number of benzene rings is 1. The summed E-state index contributed by atoms with van der Waals surface area (Å²) in [6.07, 6.45) is 5.04. The van der Waals surface area contributed by atoms with Crippen molar-refractivity contribution in [2.24, 2.45) is 0 Å². The minimum absolute atomic E-state index is 0.129. The molecule has 0 radical (unpaired) electrons. The van der Waals surface area contributed by atoms with Crippen LogP contribution in [0, 0.1) is 13.8 Å². The second-order valence-corrected chi connectivity index (χ2v) is 6.69. The number of hydrogen-bond donors (Lipinski definition) is 1. The second kappa shape index (κ2) is 6.73. The Kier molecular flexibility index (Phi) is 4.66. The molecule has 2 aliphatic heterocycles. The van der Waals surface area contributed by atoms with Crippen LogP contribution in [-0.4, -0.2) is 34.9 Å². The minimum Gasteiger partial charge on any atom is -0.377 e. The van der Waals surface area contributed by atoms with Gasteiger partial charge in [-0.3, -0.25) is 19.8 Å². The zero-order valence-electron chi connectivity index (χ0n) is 14.0. The number of piperidine rings is 1. The quantitative estimate of drug-likeness (QED) is 0.509. The van der Waals surface area contributed by atoms with Gasteiger partial charge in [-0.1, -0.05) is 6.07 Å². The lowest BCUT2D eigenvalue weighted by Gasteiger charge is -2.31. The number of likely N-dealkylation sites (tertiary alicyclic amines) is 1. The number of rotatable bonds is 2. The molecule has 6 heteroatoms. The maximum Gasteiger partial charge on any atom is 0.271 e. The van der Waals surface area contributed by atoms with E-state index >= 15 is 0 Å². The molecule has 2 amide bonds. The summed E-state index contributed by atoms with van der Waals surface area (Å²) in [5, 5.41) is 2.76. The number of carbonyl (C=O) groups is 2. The largest absolute Gasteiger partial charge is 0.377 e. The Morgan fingerprint density at radius 1 is 1.08 bits per heavy atom. The molecular weight excluding hydrogens is 322 g/mol. The van der Waals surface area contributed by atoms with E-state index in [4.69, 9.17) is 12.2 Å². The van der Waals surface area contributed by atoms with Gasteiger partial charge in [0.15, 0.2) is 5.11 Å². The van der Waals surface area contributed by atoms with Crippen LogP contribution in [0.4, 0.5) is 5.69 Å². The van der Waals surface area contributed by atoms with Crippen LogP contribution < -0.4 is 10.2 Å². The number of amides is 2. The fraction of sp³-hybridized carbons (Fsp3) is 0.389. The number of nitrogens with zero attached hydrogens (tertiary/aromatic N) is 2. The summed E-state index contributed by atoms with van der Waals surface area (Å²) in [5.41, 5.74) is 3.03. The van der Waals surface area contributed by atoms with Crippen molar-refractivity contribution in [1.82, 2.24) is 10.2 Å². The van der Waals surface area contributed by atoms with Crippen molar-refractivity contribution in [3.05, 3.63) is 41.1 Å². The van der Waals surface area contributed by atoms with Gasteiger partial charge in [-0.2, -0.15) is 0 Å². The van der Waals surface area contributed by atoms with Gasteiger partial charge < -0.3 is 4.90 Å². The van der Waals surface area contributed by atoms with Crippen LogP contribution in [0.2, 0.25) is 0 Å². The van der Waals surface area contributed by atoms with Gasteiger partial charge >= 0.3 is 0 Å². The lowest BCUT2D eigenvalue weighted by Crippen LogP contribution is -2.54. The number of carbonyl (C=O) groups excluding carboxylic acids is 2. The van der Waals surface area contributed by atoms with Crippen molar-refractivity contribution in [1.29, 1.82) is 0 Å². The molecule has 2 saturated heterocycles. The summed E-state index contributed by atoms with van der Waals surface area (Å²) in [5.74, 6) is -0.784. The predicted molar refractivity (Wildman–Crippen MR) is 97.6 cm³/mol. The van der Waals surface area contributed by atoms with Gasteiger partial charge in [0.05, 0.1) is 5.69 Å². The third kappa shape index (κ3) is 3.19. The maximum atomic E-state index is 12.9. The van der Waals surface area contributed by atoms with Crippen LogP contribution in [0.5, 0.6) is 0 Å². The van der Waals surface area contributed by atoms with Crippen LogP contribution in [0.15, 0.2) is 30.0 Å². The number of thiocarbonyl (C=S) groups is 1. The number of hydrogen-bond acceptors (Lipinski definition) is 4. The van der Waals surface area contributed by atoms with Gasteiger partial charge in [-0.25, -0.2) is 0 Å². The summed E-state index contributed by atoms with van der Waals surface area (Å²) in [6, 6.07) is 5.71. The van der Waals surface area contributed by atoms with Crippen molar-refractivity contribution in [2.75, 3.05) is 18.0 Å². The third-order valence-electron chi connectivity index (χ3n) is 4.55. The summed E-state index contributed by atoms with van der Waals surface area (Å²) in [6.45, 7) is 5.74. The molecule has 24 heavy (non-hydrogen) atoms. The molecule has 2 heterocycles. The average molecular weight is 343 g/mol. The van der Waals surface area contributed by atoms with Crippen LogP contribution in [-0.2, 0) is 9.59 Å². The number of nitrogens with one attached hydrogen (secondary N) is 1. The standard InChI is InChI=1S/C18H21N3O2S/c1-12-6-7-14(10-13(12)2)21-17(23)15(16(22)19-18(21)24)11-20-8-4-3-5-9-20/h6-7,10-11H,3-5,8-9H2,1-2H3,(H,19,22,24). The smallest absolute Gasteiger partial charge is 0.271 e. The summed E-state index contributed by atoms with van der Waals surface area (Å²) in [4.78, 5) is 28.6. The number of anilines is 1. The maximum absolute atomic E-state index is 12.9. The van der Waals surface area contributed by atoms with Crippen molar-refractivity contribution < 1.29 is 9.59 Å². The van der Waals surface area contributed by atoms with Crippen molar-refractivity contribution in [2.45, 2.75) is 33.1 Å². The molecule has 2 fully saturated rings. The van der Waals surface area contributed by atoms with Crippen molar-refractivity contribution >= 4 is 34.8 Å². The van der Waals surface area contributed by atoms with Crippen molar-refractivity contribution in [3.8, 4) is 0 Å². The first-order valence-electron chi connectivity index (χ1n) is 8.20. The van der Waals surface area contributed by atoms with Gasteiger partial charge in [0.2, 0.25) is 0 Å². The van der Waals surface area contributed by atoms with E-state index in [-0.39, 0.29) is 16.6 Å². The Balaban J connectivity index is 1.93. The molecule has 3 rings (SSSR count). The van der Waals surface area contributed by atoms with E-state index in [1.165, 1.54) is 11.3 Å². The monoisotopic (exact) mass is 343 g/mol. The Morgan fingerprint density at radius 3 is 2.46 bits per heavy atom. The first-order chi connectivity index (χ1) is 11.5. The van der Waals surface area contributed by atoms with Crippen LogP contribution in [0.25, 0.3) is 0 Å². The fourth-order valence-electron chi connectivity index (χ4n) is 2.97. The molecule has 0 atom stereocenters. The molecule has 0 aliphatic carbocycles.